The van der Waals surface area contributed by atoms with E-state index in [9.17, 15) is 9.18 Å². The Morgan fingerprint density at radius 2 is 2.14 bits per heavy atom. The number of carbonyl (C=O) groups is 1. The number of hydrogen-bond acceptors (Lipinski definition) is 5. The molecule has 6 nitrogen and oxygen atoms in total. The van der Waals surface area contributed by atoms with Gasteiger partial charge in [0.2, 0.25) is 0 Å². The normalized spacial score (nSPS) is 10.6. The molecule has 21 heavy (non-hydrogen) atoms. The number of anilines is 1. The lowest BCUT2D eigenvalue weighted by Crippen LogP contribution is -2.14. The van der Waals surface area contributed by atoms with Gasteiger partial charge in [0.25, 0.3) is 11.8 Å². The number of amides is 1. The number of furan rings is 1. The quantitative estimate of drug-likeness (QED) is 0.781. The van der Waals surface area contributed by atoms with Gasteiger partial charge in [-0.25, -0.2) is 4.39 Å². The summed E-state index contributed by atoms with van der Waals surface area (Å²) in [4.78, 5) is 12.0. The molecule has 1 aromatic carbocycles. The second-order valence-electron chi connectivity index (χ2n) is 3.97. The van der Waals surface area contributed by atoms with Crippen LogP contribution in [0.2, 0.25) is 0 Å². The van der Waals surface area contributed by atoms with Gasteiger partial charge in [-0.3, -0.25) is 10.1 Å². The van der Waals surface area contributed by atoms with Crippen LogP contribution in [0.15, 0.2) is 49.9 Å². The molecule has 8 heteroatoms. The Bertz CT molecular complexity index is 786. The molecular weight excluding hydrogens is 345 g/mol. The number of benzene rings is 1. The Morgan fingerprint density at radius 3 is 2.90 bits per heavy atom. The maximum absolute atomic E-state index is 13.6. The lowest BCUT2D eigenvalue weighted by molar-refractivity contribution is 0.102. The molecule has 1 amide bonds. The summed E-state index contributed by atoms with van der Waals surface area (Å²) in [5.41, 5.74) is -0.137. The fraction of sp³-hybridized carbons (Fsp3) is 0. The van der Waals surface area contributed by atoms with Crippen LogP contribution >= 0.6 is 15.9 Å². The molecule has 0 saturated carbocycles. The van der Waals surface area contributed by atoms with Gasteiger partial charge < -0.3 is 8.83 Å². The number of halogens is 2. The predicted octanol–water partition coefficient (Wildman–Crippen LogP) is 3.48. The maximum atomic E-state index is 13.6. The van der Waals surface area contributed by atoms with Crippen molar-refractivity contribution in [2.45, 2.75) is 0 Å². The Balaban J connectivity index is 1.80. The van der Waals surface area contributed by atoms with Gasteiger partial charge in [-0.15, -0.1) is 5.10 Å². The monoisotopic (exact) mass is 351 g/mol. The Morgan fingerprint density at radius 1 is 1.29 bits per heavy atom. The number of nitrogens with one attached hydrogen (secondary N) is 1. The number of rotatable bonds is 3. The summed E-state index contributed by atoms with van der Waals surface area (Å²) in [5, 5.41) is 9.69. The van der Waals surface area contributed by atoms with Gasteiger partial charge in [0, 0.05) is 4.47 Å². The summed E-state index contributed by atoms with van der Waals surface area (Å²) >= 11 is 3.17. The minimum atomic E-state index is -0.691. The van der Waals surface area contributed by atoms with Crippen molar-refractivity contribution in [2.75, 3.05) is 5.32 Å². The van der Waals surface area contributed by atoms with Gasteiger partial charge in [0.1, 0.15) is 5.82 Å². The average Bonchev–Trinajstić information content (AvgIpc) is 3.11. The molecule has 106 valence electrons. The highest BCUT2D eigenvalue weighted by Crippen LogP contribution is 2.21. The van der Waals surface area contributed by atoms with Crippen LogP contribution < -0.4 is 5.32 Å². The zero-order chi connectivity index (χ0) is 14.8. The molecular formula is C13H7BrFN3O3. The van der Waals surface area contributed by atoms with Gasteiger partial charge in [-0.05, 0) is 30.3 Å². The lowest BCUT2D eigenvalue weighted by Gasteiger charge is -2.02. The molecule has 2 heterocycles. The number of carbonyl (C=O) groups excluding carboxylic acids is 1. The van der Waals surface area contributed by atoms with Gasteiger partial charge in [0.15, 0.2) is 5.76 Å². The van der Waals surface area contributed by atoms with Crippen molar-refractivity contribution in [3.63, 3.8) is 0 Å². The maximum Gasteiger partial charge on any atom is 0.322 e. The SMILES string of the molecule is O=C(Nc1nnc(-c2ccco2)o1)c1cc(Br)ccc1F. The fourth-order valence-corrected chi connectivity index (χ4v) is 1.97. The third kappa shape index (κ3) is 2.84. The predicted molar refractivity (Wildman–Crippen MR) is 74.1 cm³/mol. The van der Waals surface area contributed by atoms with Crippen molar-refractivity contribution < 1.29 is 18.0 Å². The van der Waals surface area contributed by atoms with E-state index in [1.807, 2.05) is 0 Å². The van der Waals surface area contributed by atoms with Gasteiger partial charge in [-0.2, -0.15) is 0 Å². The molecule has 0 unspecified atom stereocenters. The standard InChI is InChI=1S/C13H7BrFN3O3/c14-7-3-4-9(15)8(6-7)11(19)16-13-18-17-12(21-13)10-2-1-5-20-10/h1-6H,(H,16,18,19). The second kappa shape index (κ2) is 5.49. The minimum Gasteiger partial charge on any atom is -0.459 e. The molecule has 0 bridgehead atoms. The highest BCUT2D eigenvalue weighted by molar-refractivity contribution is 9.10. The van der Waals surface area contributed by atoms with Crippen molar-refractivity contribution in [3.05, 3.63) is 52.4 Å². The van der Waals surface area contributed by atoms with Crippen molar-refractivity contribution in [3.8, 4) is 11.7 Å². The van der Waals surface area contributed by atoms with E-state index in [4.69, 9.17) is 8.83 Å². The van der Waals surface area contributed by atoms with E-state index in [1.165, 1.54) is 24.5 Å². The Hall–Kier alpha value is -2.48. The van der Waals surface area contributed by atoms with Crippen LogP contribution in [0.25, 0.3) is 11.7 Å². The van der Waals surface area contributed by atoms with Crippen molar-refractivity contribution in [2.24, 2.45) is 0 Å². The van der Waals surface area contributed by atoms with Crippen LogP contribution in [-0.4, -0.2) is 16.1 Å². The van der Waals surface area contributed by atoms with Crippen molar-refractivity contribution in [1.82, 2.24) is 10.2 Å². The van der Waals surface area contributed by atoms with E-state index in [0.29, 0.717) is 10.2 Å². The van der Waals surface area contributed by atoms with Gasteiger partial charge in [-0.1, -0.05) is 21.0 Å². The molecule has 0 atom stereocenters. The molecule has 1 N–H and O–H groups in total. The third-order valence-corrected chi connectivity index (χ3v) is 3.04. The van der Waals surface area contributed by atoms with Crippen LogP contribution in [-0.2, 0) is 0 Å². The van der Waals surface area contributed by atoms with Crippen LogP contribution in [0.5, 0.6) is 0 Å². The van der Waals surface area contributed by atoms with Crippen LogP contribution in [0, 0.1) is 5.82 Å². The van der Waals surface area contributed by atoms with Crippen molar-refractivity contribution >= 4 is 27.9 Å². The van der Waals surface area contributed by atoms with E-state index < -0.39 is 11.7 Å². The zero-order valence-corrected chi connectivity index (χ0v) is 11.9. The summed E-state index contributed by atoms with van der Waals surface area (Å²) in [6, 6.07) is 7.18. The summed E-state index contributed by atoms with van der Waals surface area (Å²) in [7, 11) is 0. The first kappa shape index (κ1) is 13.5. The molecule has 3 rings (SSSR count). The van der Waals surface area contributed by atoms with Crippen LogP contribution in [0.3, 0.4) is 0 Å². The topological polar surface area (TPSA) is 81.2 Å². The number of nitrogens with zero attached hydrogens (tertiary/aromatic N) is 2. The molecule has 0 radical (unpaired) electrons. The highest BCUT2D eigenvalue weighted by Gasteiger charge is 2.17. The summed E-state index contributed by atoms with van der Waals surface area (Å²) < 4.78 is 24.5. The van der Waals surface area contributed by atoms with E-state index >= 15 is 0 Å². The van der Waals surface area contributed by atoms with Crippen molar-refractivity contribution in [1.29, 1.82) is 0 Å². The first-order chi connectivity index (χ1) is 10.1. The first-order valence-electron chi connectivity index (χ1n) is 5.77. The summed E-state index contributed by atoms with van der Waals surface area (Å²) in [6.07, 6.45) is 1.45. The Labute approximate surface area is 126 Å². The number of aromatic nitrogens is 2. The molecule has 0 aliphatic heterocycles. The minimum absolute atomic E-state index is 0.116. The van der Waals surface area contributed by atoms with Gasteiger partial charge >= 0.3 is 6.01 Å². The lowest BCUT2D eigenvalue weighted by atomic mass is 10.2. The van der Waals surface area contributed by atoms with E-state index in [0.717, 1.165) is 0 Å². The third-order valence-electron chi connectivity index (χ3n) is 2.55. The first-order valence-corrected chi connectivity index (χ1v) is 6.56. The van der Waals surface area contributed by atoms with Crippen LogP contribution in [0.4, 0.5) is 10.4 Å². The molecule has 0 saturated heterocycles. The van der Waals surface area contributed by atoms with E-state index in [2.05, 4.69) is 31.4 Å². The average molecular weight is 352 g/mol. The van der Waals surface area contributed by atoms with E-state index in [-0.39, 0.29) is 17.5 Å². The smallest absolute Gasteiger partial charge is 0.322 e. The molecule has 0 spiro atoms. The Kier molecular flexibility index (Phi) is 3.53. The number of hydrogen-bond donors (Lipinski definition) is 1. The zero-order valence-electron chi connectivity index (χ0n) is 10.3. The molecule has 3 aromatic rings. The second-order valence-corrected chi connectivity index (χ2v) is 4.88. The molecule has 0 fully saturated rings. The highest BCUT2D eigenvalue weighted by atomic mass is 79.9. The van der Waals surface area contributed by atoms with Crippen LogP contribution in [0.1, 0.15) is 10.4 Å². The summed E-state index contributed by atoms with van der Waals surface area (Å²) in [6.45, 7) is 0. The molecule has 0 aliphatic rings. The van der Waals surface area contributed by atoms with Gasteiger partial charge in [0.05, 0.1) is 11.8 Å². The fourth-order valence-electron chi connectivity index (χ4n) is 1.61. The van der Waals surface area contributed by atoms with E-state index in [1.54, 1.807) is 12.1 Å². The molecule has 0 aliphatic carbocycles. The summed E-state index contributed by atoms with van der Waals surface area (Å²) in [5.74, 6) is -0.855. The molecule has 2 aromatic heterocycles. The largest absolute Gasteiger partial charge is 0.459 e.